The lowest BCUT2D eigenvalue weighted by atomic mass is 9.97. The van der Waals surface area contributed by atoms with Crippen molar-refractivity contribution >= 4 is 11.6 Å². The first-order valence-electron chi connectivity index (χ1n) is 6.27. The maximum atomic E-state index is 11.9. The molecule has 3 rings (SSSR count). The number of aromatic nitrogens is 2. The topological polar surface area (TPSA) is 57.8 Å². The summed E-state index contributed by atoms with van der Waals surface area (Å²) in [5.41, 5.74) is 2.73. The average molecular weight is 241 g/mol. The monoisotopic (exact) mass is 241 g/mol. The van der Waals surface area contributed by atoms with E-state index in [1.165, 1.54) is 0 Å². The lowest BCUT2D eigenvalue weighted by Crippen LogP contribution is -2.22. The van der Waals surface area contributed by atoms with Gasteiger partial charge in [0.15, 0.2) is 0 Å². The third-order valence-corrected chi connectivity index (χ3v) is 3.23. The highest BCUT2D eigenvalue weighted by Gasteiger charge is 2.15. The molecule has 0 aliphatic heterocycles. The molecular formula is C14H15N3O. The predicted octanol–water partition coefficient (Wildman–Crippen LogP) is 2.39. The van der Waals surface area contributed by atoms with Crippen LogP contribution in [0, 0.1) is 0 Å². The van der Waals surface area contributed by atoms with E-state index in [0.29, 0.717) is 5.95 Å². The van der Waals surface area contributed by atoms with Crippen molar-refractivity contribution in [3.63, 3.8) is 0 Å². The molecule has 0 amide bonds. The number of aryl methyl sites for hydroxylation is 1. The molecule has 0 fully saturated rings. The Labute approximate surface area is 105 Å². The van der Waals surface area contributed by atoms with Gasteiger partial charge in [0.25, 0.3) is 5.56 Å². The maximum Gasteiger partial charge on any atom is 0.255 e. The summed E-state index contributed by atoms with van der Waals surface area (Å²) < 4.78 is 0. The summed E-state index contributed by atoms with van der Waals surface area (Å²) in [7, 11) is 0. The Morgan fingerprint density at radius 2 is 1.89 bits per heavy atom. The second-order valence-electron chi connectivity index (χ2n) is 4.54. The van der Waals surface area contributed by atoms with Crippen LogP contribution in [0.3, 0.4) is 0 Å². The molecule has 1 aromatic heterocycles. The van der Waals surface area contributed by atoms with Crippen LogP contribution < -0.4 is 10.9 Å². The third kappa shape index (κ3) is 2.14. The number of hydrogen-bond acceptors (Lipinski definition) is 3. The van der Waals surface area contributed by atoms with E-state index >= 15 is 0 Å². The Morgan fingerprint density at radius 1 is 1.11 bits per heavy atom. The third-order valence-electron chi connectivity index (χ3n) is 3.23. The highest BCUT2D eigenvalue weighted by molar-refractivity contribution is 5.52. The maximum absolute atomic E-state index is 11.9. The highest BCUT2D eigenvalue weighted by atomic mass is 16.1. The fraction of sp³-hybridized carbons (Fsp3) is 0.286. The van der Waals surface area contributed by atoms with E-state index < -0.39 is 0 Å². The van der Waals surface area contributed by atoms with E-state index in [0.717, 1.165) is 42.6 Å². The van der Waals surface area contributed by atoms with Crippen molar-refractivity contribution in [2.45, 2.75) is 25.7 Å². The molecule has 1 aliphatic rings. The minimum absolute atomic E-state index is 0.00173. The number of H-pyrrole nitrogens is 1. The fourth-order valence-corrected chi connectivity index (χ4v) is 2.32. The smallest absolute Gasteiger partial charge is 0.255 e. The Hall–Kier alpha value is -2.10. The molecule has 1 heterocycles. The standard InChI is InChI=1S/C14H15N3O/c18-13-11-8-4-5-9-12(11)16-14(17-13)15-10-6-2-1-3-7-10/h1-3,6-7H,4-5,8-9H2,(H2,15,16,17,18). The van der Waals surface area contributed by atoms with E-state index in [4.69, 9.17) is 0 Å². The molecule has 4 nitrogen and oxygen atoms in total. The molecule has 92 valence electrons. The Morgan fingerprint density at radius 3 is 2.72 bits per heavy atom. The second-order valence-corrected chi connectivity index (χ2v) is 4.54. The van der Waals surface area contributed by atoms with Gasteiger partial charge in [-0.2, -0.15) is 0 Å². The zero-order valence-corrected chi connectivity index (χ0v) is 10.1. The van der Waals surface area contributed by atoms with Crippen LogP contribution in [0.2, 0.25) is 0 Å². The SMILES string of the molecule is O=c1[nH]c(Nc2ccccc2)nc2c1CCCC2. The van der Waals surface area contributed by atoms with Crippen LogP contribution in [0.1, 0.15) is 24.1 Å². The number of anilines is 2. The van der Waals surface area contributed by atoms with Crippen molar-refractivity contribution < 1.29 is 0 Å². The Bertz CT molecular complexity index is 604. The normalized spacial score (nSPS) is 14.0. The number of nitrogens with zero attached hydrogens (tertiary/aromatic N) is 1. The van der Waals surface area contributed by atoms with E-state index in [9.17, 15) is 4.79 Å². The van der Waals surface area contributed by atoms with E-state index in [2.05, 4.69) is 15.3 Å². The van der Waals surface area contributed by atoms with Crippen LogP contribution in [-0.2, 0) is 12.8 Å². The number of rotatable bonds is 2. The number of fused-ring (bicyclic) bond motifs is 1. The number of benzene rings is 1. The molecule has 18 heavy (non-hydrogen) atoms. The van der Waals surface area contributed by atoms with Gasteiger partial charge >= 0.3 is 0 Å². The largest absolute Gasteiger partial charge is 0.326 e. The number of aromatic amines is 1. The Balaban J connectivity index is 1.94. The van der Waals surface area contributed by atoms with Crippen molar-refractivity contribution in [2.75, 3.05) is 5.32 Å². The predicted molar refractivity (Wildman–Crippen MR) is 71.2 cm³/mol. The lowest BCUT2D eigenvalue weighted by molar-refractivity contribution is 0.658. The lowest BCUT2D eigenvalue weighted by Gasteiger charge is -2.15. The van der Waals surface area contributed by atoms with Gasteiger partial charge in [0.2, 0.25) is 5.95 Å². The Kier molecular flexibility index (Phi) is 2.84. The molecule has 0 unspecified atom stereocenters. The van der Waals surface area contributed by atoms with Crippen LogP contribution in [-0.4, -0.2) is 9.97 Å². The van der Waals surface area contributed by atoms with E-state index in [1.54, 1.807) is 0 Å². The summed E-state index contributed by atoms with van der Waals surface area (Å²) in [4.78, 5) is 19.2. The number of hydrogen-bond donors (Lipinski definition) is 2. The van der Waals surface area contributed by atoms with Gasteiger partial charge in [0, 0.05) is 11.3 Å². The van der Waals surface area contributed by atoms with Gasteiger partial charge in [0.05, 0.1) is 5.69 Å². The van der Waals surface area contributed by atoms with E-state index in [1.807, 2.05) is 30.3 Å². The van der Waals surface area contributed by atoms with Crippen molar-refractivity contribution in [3.05, 3.63) is 51.9 Å². The van der Waals surface area contributed by atoms with Crippen LogP contribution >= 0.6 is 0 Å². The molecule has 1 aliphatic carbocycles. The molecule has 2 aromatic rings. The molecular weight excluding hydrogens is 226 g/mol. The molecule has 0 spiro atoms. The molecule has 4 heteroatoms. The highest BCUT2D eigenvalue weighted by Crippen LogP contribution is 2.18. The van der Waals surface area contributed by atoms with Crippen molar-refractivity contribution in [3.8, 4) is 0 Å². The number of para-hydroxylation sites is 1. The summed E-state index contributed by atoms with van der Waals surface area (Å²) in [6.07, 6.45) is 3.96. The summed E-state index contributed by atoms with van der Waals surface area (Å²) in [6.45, 7) is 0. The zero-order chi connectivity index (χ0) is 12.4. The van der Waals surface area contributed by atoms with Gasteiger partial charge in [0.1, 0.15) is 0 Å². The van der Waals surface area contributed by atoms with Gasteiger partial charge < -0.3 is 5.32 Å². The first kappa shape index (κ1) is 11.0. The molecule has 0 saturated carbocycles. The minimum Gasteiger partial charge on any atom is -0.326 e. The fourth-order valence-electron chi connectivity index (χ4n) is 2.32. The first-order chi connectivity index (χ1) is 8.83. The van der Waals surface area contributed by atoms with Gasteiger partial charge in [-0.1, -0.05) is 18.2 Å². The van der Waals surface area contributed by atoms with Crippen molar-refractivity contribution in [1.29, 1.82) is 0 Å². The van der Waals surface area contributed by atoms with Crippen LogP contribution in [0.5, 0.6) is 0 Å². The molecule has 0 radical (unpaired) electrons. The molecule has 0 bridgehead atoms. The summed E-state index contributed by atoms with van der Waals surface area (Å²) in [5.74, 6) is 0.534. The van der Waals surface area contributed by atoms with Crippen LogP contribution in [0.25, 0.3) is 0 Å². The van der Waals surface area contributed by atoms with Crippen LogP contribution in [0.15, 0.2) is 35.1 Å². The van der Waals surface area contributed by atoms with Gasteiger partial charge in [-0.15, -0.1) is 0 Å². The quantitative estimate of drug-likeness (QED) is 0.848. The summed E-state index contributed by atoms with van der Waals surface area (Å²) in [5, 5.41) is 3.13. The van der Waals surface area contributed by atoms with Crippen molar-refractivity contribution in [1.82, 2.24) is 9.97 Å². The van der Waals surface area contributed by atoms with Gasteiger partial charge in [-0.05, 0) is 37.8 Å². The zero-order valence-electron chi connectivity index (χ0n) is 10.1. The average Bonchev–Trinajstić information content (AvgIpc) is 2.40. The molecule has 0 atom stereocenters. The minimum atomic E-state index is -0.00173. The molecule has 1 aromatic carbocycles. The number of nitrogens with one attached hydrogen (secondary N) is 2. The summed E-state index contributed by atoms with van der Waals surface area (Å²) >= 11 is 0. The second kappa shape index (κ2) is 4.64. The van der Waals surface area contributed by atoms with Gasteiger partial charge in [-0.3, -0.25) is 9.78 Å². The first-order valence-corrected chi connectivity index (χ1v) is 6.27. The van der Waals surface area contributed by atoms with Crippen molar-refractivity contribution in [2.24, 2.45) is 0 Å². The van der Waals surface area contributed by atoms with Gasteiger partial charge in [-0.25, -0.2) is 4.98 Å². The molecule has 0 saturated heterocycles. The van der Waals surface area contributed by atoms with Crippen LogP contribution in [0.4, 0.5) is 11.6 Å². The van der Waals surface area contributed by atoms with E-state index in [-0.39, 0.29) is 5.56 Å². The molecule has 2 N–H and O–H groups in total. The summed E-state index contributed by atoms with van der Waals surface area (Å²) in [6, 6.07) is 9.73.